The van der Waals surface area contributed by atoms with Crippen LogP contribution in [0.15, 0.2) is 23.7 Å². The number of rotatable bonds is 4. The molecule has 2 aliphatic rings. The standard InChI is InChI=1S/C21H30O2/c1-5-6-7-8-15-12-18(22)20-16-11-14(2)9-10-17(16)21(3,4)23-19(20)13-15/h11-13,16-17,22H,5-10H2,1-4H3/t16-,17-/m1/s1/i8D2,10D2,11D,12D,13D,17D. The molecule has 1 heterocycles. The minimum atomic E-state index is -2.10. The van der Waals surface area contributed by atoms with E-state index in [1.54, 1.807) is 6.92 Å². The number of hydrogen-bond donors (Lipinski definition) is 1. The lowest BCUT2D eigenvalue weighted by molar-refractivity contribution is 0.0107. The Morgan fingerprint density at radius 1 is 1.48 bits per heavy atom. The molecule has 0 unspecified atom stereocenters. The van der Waals surface area contributed by atoms with Gasteiger partial charge in [-0.25, -0.2) is 0 Å². The molecular formula is C21H30O2. The van der Waals surface area contributed by atoms with Crippen molar-refractivity contribution in [2.24, 2.45) is 5.89 Å². The molecule has 23 heavy (non-hydrogen) atoms. The van der Waals surface area contributed by atoms with Gasteiger partial charge in [0.1, 0.15) is 17.1 Å². The zero-order chi connectivity index (χ0) is 23.7. The van der Waals surface area contributed by atoms with Gasteiger partial charge in [-0.3, -0.25) is 0 Å². The lowest BCUT2D eigenvalue weighted by Gasteiger charge is -2.46. The van der Waals surface area contributed by atoms with Gasteiger partial charge < -0.3 is 9.84 Å². The summed E-state index contributed by atoms with van der Waals surface area (Å²) in [7, 11) is 0. The molecule has 1 N–H and O–H groups in total. The summed E-state index contributed by atoms with van der Waals surface area (Å²) in [4.78, 5) is 0. The number of allylic oxidation sites excluding steroid dienone is 2. The van der Waals surface area contributed by atoms with Gasteiger partial charge in [0.05, 0.1) is 4.11 Å². The van der Waals surface area contributed by atoms with Crippen molar-refractivity contribution < 1.29 is 20.8 Å². The zero-order valence-electron chi connectivity index (χ0n) is 22.3. The van der Waals surface area contributed by atoms with E-state index < -0.39 is 42.0 Å². The van der Waals surface area contributed by atoms with Crippen molar-refractivity contribution in [2.45, 2.75) is 77.6 Å². The van der Waals surface area contributed by atoms with Crippen molar-refractivity contribution in [2.75, 3.05) is 0 Å². The first-order valence-electron chi connectivity index (χ1n) is 12.3. The molecule has 3 rings (SSSR count). The molecule has 0 amide bonds. The van der Waals surface area contributed by atoms with Gasteiger partial charge in [-0.1, -0.05) is 31.4 Å². The molecule has 0 saturated carbocycles. The van der Waals surface area contributed by atoms with Crippen molar-refractivity contribution in [3.63, 3.8) is 0 Å². The average Bonchev–Trinajstić information content (AvgIpc) is 2.64. The van der Waals surface area contributed by atoms with Crippen molar-refractivity contribution in [1.82, 2.24) is 0 Å². The summed E-state index contributed by atoms with van der Waals surface area (Å²) in [5.74, 6) is -4.06. The van der Waals surface area contributed by atoms with Crippen LogP contribution in [-0.4, -0.2) is 10.7 Å². The normalized spacial score (nSPS) is 36.6. The summed E-state index contributed by atoms with van der Waals surface area (Å²) in [6.07, 6.45) is -2.94. The number of fused-ring (bicyclic) bond motifs is 3. The van der Waals surface area contributed by atoms with E-state index in [-0.39, 0.29) is 41.8 Å². The van der Waals surface area contributed by atoms with Gasteiger partial charge in [0.15, 0.2) is 0 Å². The second kappa shape index (κ2) is 6.22. The largest absolute Gasteiger partial charge is 0.507 e. The second-order valence-electron chi connectivity index (χ2n) is 6.73. The van der Waals surface area contributed by atoms with Crippen LogP contribution in [0.4, 0.5) is 0 Å². The third-order valence-corrected chi connectivity index (χ3v) is 4.33. The van der Waals surface area contributed by atoms with Crippen molar-refractivity contribution >= 4 is 0 Å². The lowest BCUT2D eigenvalue weighted by atomic mass is 9.68. The summed E-state index contributed by atoms with van der Waals surface area (Å²) in [6.45, 7) is 6.57. The molecule has 0 radical (unpaired) electrons. The SMILES string of the molecule is [2H]C1=C(C)CC([2H])([2H])[C@]2([2H])[C@@H]1c1c(O)c([2H])c(C([2H])([2H])CCCC)c([2H])c1OC2(C)C. The number of phenolic OH excluding ortho intramolecular Hbond substituents is 1. The monoisotopic (exact) mass is 322 g/mol. The Morgan fingerprint density at radius 3 is 3.00 bits per heavy atom. The maximum absolute atomic E-state index is 11.0. The second-order valence-corrected chi connectivity index (χ2v) is 6.73. The van der Waals surface area contributed by atoms with Gasteiger partial charge in [0.2, 0.25) is 0 Å². The van der Waals surface area contributed by atoms with E-state index >= 15 is 0 Å². The van der Waals surface area contributed by atoms with Gasteiger partial charge >= 0.3 is 0 Å². The number of unbranched alkanes of at least 4 members (excludes halogenated alkanes) is 1. The molecule has 1 aromatic carbocycles. The van der Waals surface area contributed by atoms with E-state index in [0.717, 1.165) is 6.42 Å². The van der Waals surface area contributed by atoms with Crippen molar-refractivity contribution in [3.8, 4) is 11.5 Å². The molecule has 0 spiro atoms. The molecule has 0 saturated heterocycles. The third kappa shape index (κ3) is 3.13. The topological polar surface area (TPSA) is 29.5 Å². The Balaban J connectivity index is 2.39. The average molecular weight is 323 g/mol. The van der Waals surface area contributed by atoms with Crippen LogP contribution < -0.4 is 4.74 Å². The Hall–Kier alpha value is -1.44. The van der Waals surface area contributed by atoms with Gasteiger partial charge in [-0.05, 0) is 64.0 Å². The highest BCUT2D eigenvalue weighted by atomic mass is 16.5. The summed E-state index contributed by atoms with van der Waals surface area (Å²) < 4.78 is 75.0. The van der Waals surface area contributed by atoms with Crippen LogP contribution in [0, 0.1) is 5.89 Å². The van der Waals surface area contributed by atoms with Gasteiger partial charge in [-0.2, -0.15) is 0 Å². The molecule has 126 valence electrons. The Morgan fingerprint density at radius 2 is 2.26 bits per heavy atom. The minimum Gasteiger partial charge on any atom is -0.507 e. The third-order valence-electron chi connectivity index (χ3n) is 4.33. The van der Waals surface area contributed by atoms with Gasteiger partial charge in [-0.15, -0.1) is 0 Å². The molecule has 1 aromatic rings. The maximum atomic E-state index is 11.0. The van der Waals surface area contributed by atoms with E-state index in [1.807, 2.05) is 6.92 Å². The molecule has 1 aliphatic carbocycles. The highest BCUT2D eigenvalue weighted by Gasteiger charge is 2.45. The summed E-state index contributed by atoms with van der Waals surface area (Å²) in [5, 5.41) is 11.0. The Bertz CT molecular complexity index is 953. The van der Waals surface area contributed by atoms with Crippen LogP contribution >= 0.6 is 0 Å². The molecule has 2 nitrogen and oxygen atoms in total. The van der Waals surface area contributed by atoms with E-state index in [9.17, 15) is 6.48 Å². The van der Waals surface area contributed by atoms with Crippen LogP contribution in [0.1, 0.15) is 87.8 Å². The molecule has 0 aromatic heterocycles. The fourth-order valence-corrected chi connectivity index (χ4v) is 3.12. The van der Waals surface area contributed by atoms with Crippen LogP contribution in [0.5, 0.6) is 11.5 Å². The molecule has 2 heteroatoms. The molecule has 0 fully saturated rings. The summed E-state index contributed by atoms with van der Waals surface area (Å²) >= 11 is 0. The highest BCUT2D eigenvalue weighted by molar-refractivity contribution is 5.53. The molecule has 2 atom stereocenters. The number of phenols is 1. The smallest absolute Gasteiger partial charge is 0.127 e. The predicted molar refractivity (Wildman–Crippen MR) is 95.3 cm³/mol. The first-order valence-corrected chi connectivity index (χ1v) is 8.27. The predicted octanol–water partition coefficient (Wildman–Crippen LogP) is 5.74. The van der Waals surface area contributed by atoms with Crippen LogP contribution in [0.25, 0.3) is 0 Å². The molecule has 1 aliphatic heterocycles. The fourth-order valence-electron chi connectivity index (χ4n) is 3.12. The molecular weight excluding hydrogens is 284 g/mol. The lowest BCUT2D eigenvalue weighted by Crippen LogP contribution is -2.45. The van der Waals surface area contributed by atoms with E-state index in [2.05, 4.69) is 0 Å². The number of aromatic hydroxyl groups is 1. The van der Waals surface area contributed by atoms with Gasteiger partial charge in [0, 0.05) is 24.2 Å². The number of hydrogen-bond acceptors (Lipinski definition) is 2. The van der Waals surface area contributed by atoms with E-state index in [1.165, 1.54) is 13.8 Å². The van der Waals surface area contributed by atoms with Gasteiger partial charge in [0.25, 0.3) is 0 Å². The van der Waals surface area contributed by atoms with Crippen molar-refractivity contribution in [1.29, 1.82) is 0 Å². The number of ether oxygens (including phenoxy) is 1. The minimum absolute atomic E-state index is 0.0291. The van der Waals surface area contributed by atoms with Crippen LogP contribution in [0.3, 0.4) is 0 Å². The van der Waals surface area contributed by atoms with E-state index in [0.29, 0.717) is 12.0 Å². The number of benzene rings is 1. The van der Waals surface area contributed by atoms with E-state index in [4.69, 9.17) is 14.3 Å². The van der Waals surface area contributed by atoms with Crippen molar-refractivity contribution in [3.05, 3.63) is 34.8 Å². The Labute approximate surface area is 151 Å². The maximum Gasteiger partial charge on any atom is 0.127 e. The zero-order valence-corrected chi connectivity index (χ0v) is 14.3. The Kier molecular flexibility index (Phi) is 2.47. The first kappa shape index (κ1) is 9.15. The van der Waals surface area contributed by atoms with Crippen LogP contribution in [0.2, 0.25) is 0 Å². The fraction of sp³-hybridized carbons (Fsp3) is 0.619. The summed E-state index contributed by atoms with van der Waals surface area (Å²) in [6, 6.07) is -0.976. The summed E-state index contributed by atoms with van der Waals surface area (Å²) in [5.41, 5.74) is -1.47. The van der Waals surface area contributed by atoms with Crippen LogP contribution in [-0.2, 0) is 6.37 Å². The first-order chi connectivity index (χ1) is 14.0. The quantitative estimate of drug-likeness (QED) is 0.717. The highest BCUT2D eigenvalue weighted by Crippen LogP contribution is 2.53. The molecule has 0 bridgehead atoms.